The minimum absolute atomic E-state index is 0.00545. The Kier molecular flexibility index (Phi) is 7.43. The van der Waals surface area contributed by atoms with E-state index in [1.54, 1.807) is 36.4 Å². The van der Waals surface area contributed by atoms with Crippen LogP contribution in [0.15, 0.2) is 36.4 Å². The van der Waals surface area contributed by atoms with Gasteiger partial charge in [0, 0.05) is 5.75 Å². The predicted molar refractivity (Wildman–Crippen MR) is 115 cm³/mol. The van der Waals surface area contributed by atoms with Gasteiger partial charge in [-0.05, 0) is 54.7 Å². The monoisotopic (exact) mass is 488 g/mol. The number of rotatable bonds is 9. The molecule has 3 aromatic rings. The van der Waals surface area contributed by atoms with Crippen molar-refractivity contribution in [3.8, 4) is 16.7 Å². The first-order chi connectivity index (χ1) is 15.0. The van der Waals surface area contributed by atoms with Crippen LogP contribution >= 0.6 is 11.3 Å². The Balaban J connectivity index is 1.77. The highest BCUT2D eigenvalue weighted by molar-refractivity contribution is 7.78. The van der Waals surface area contributed by atoms with Gasteiger partial charge >= 0.3 is 6.18 Å². The van der Waals surface area contributed by atoms with Crippen LogP contribution in [0, 0.1) is 0 Å². The summed E-state index contributed by atoms with van der Waals surface area (Å²) in [5.41, 5.74) is -0.903. The van der Waals surface area contributed by atoms with Gasteiger partial charge in [0.1, 0.15) is 0 Å². The highest BCUT2D eigenvalue weighted by Crippen LogP contribution is 2.39. The molecule has 1 N–H and O–H groups in total. The number of benzene rings is 2. The molecule has 32 heavy (non-hydrogen) atoms. The zero-order valence-electron chi connectivity index (χ0n) is 17.3. The largest absolute Gasteiger partial charge is 0.772 e. The van der Waals surface area contributed by atoms with Gasteiger partial charge in [0.25, 0.3) is 5.19 Å². The second-order valence-corrected chi connectivity index (χ2v) is 9.09. The van der Waals surface area contributed by atoms with E-state index < -0.39 is 35.7 Å². The lowest BCUT2D eigenvalue weighted by atomic mass is 9.91. The van der Waals surface area contributed by atoms with Gasteiger partial charge in [0.15, 0.2) is 17.1 Å². The van der Waals surface area contributed by atoms with Gasteiger partial charge in [-0.15, -0.1) is 0 Å². The van der Waals surface area contributed by atoms with E-state index in [1.165, 1.54) is 25.4 Å². The molecule has 6 nitrogen and oxygen atoms in total. The first-order valence-electron chi connectivity index (χ1n) is 9.64. The highest BCUT2D eigenvalue weighted by atomic mass is 32.2. The molecule has 2 unspecified atom stereocenters. The Morgan fingerprint density at radius 3 is 2.50 bits per heavy atom. The fourth-order valence-corrected chi connectivity index (χ4v) is 4.48. The van der Waals surface area contributed by atoms with Gasteiger partial charge in [-0.3, -0.25) is 4.21 Å². The maximum atomic E-state index is 13.1. The van der Waals surface area contributed by atoms with E-state index in [-0.39, 0.29) is 12.2 Å². The average Bonchev–Trinajstić information content (AvgIpc) is 3.13. The molecule has 0 saturated carbocycles. The zero-order valence-corrected chi connectivity index (χ0v) is 18.9. The summed E-state index contributed by atoms with van der Waals surface area (Å²) in [5.74, 6) is 0.551. The van der Waals surface area contributed by atoms with Gasteiger partial charge in [0.05, 0.1) is 17.3 Å². The average molecular weight is 489 g/mol. The zero-order chi connectivity index (χ0) is 23.5. The summed E-state index contributed by atoms with van der Waals surface area (Å²) in [4.78, 5) is 4.36. The Hall–Kier alpha value is -2.21. The van der Waals surface area contributed by atoms with Crippen molar-refractivity contribution in [2.24, 2.45) is 0 Å². The smallest absolute Gasteiger partial charge is 0.417 e. The number of alkyl halides is 3. The molecular weight excluding hydrogens is 467 g/mol. The third kappa shape index (κ3) is 5.58. The molecule has 0 saturated heterocycles. The molecule has 0 aliphatic heterocycles. The third-order valence-corrected chi connectivity index (χ3v) is 6.55. The SMILES string of the molecule is CCC(O)(CCc1ccc(Oc2nc3ccc(CS(=O)[O-])cc3s2)c(OC)c1)C(F)(F)F. The van der Waals surface area contributed by atoms with E-state index in [4.69, 9.17) is 9.47 Å². The second kappa shape index (κ2) is 9.74. The van der Waals surface area contributed by atoms with Crippen LogP contribution in [0.4, 0.5) is 13.2 Å². The molecule has 2 atom stereocenters. The van der Waals surface area contributed by atoms with Crippen molar-refractivity contribution in [1.82, 2.24) is 4.98 Å². The lowest BCUT2D eigenvalue weighted by molar-refractivity contribution is -0.263. The topological polar surface area (TPSA) is 91.7 Å². The molecule has 0 amide bonds. The summed E-state index contributed by atoms with van der Waals surface area (Å²) >= 11 is -0.968. The van der Waals surface area contributed by atoms with Gasteiger partial charge in [-0.25, -0.2) is 4.98 Å². The van der Waals surface area contributed by atoms with Crippen LogP contribution in [0.1, 0.15) is 30.9 Å². The van der Waals surface area contributed by atoms with Crippen molar-refractivity contribution in [2.75, 3.05) is 7.11 Å². The Morgan fingerprint density at radius 2 is 1.88 bits per heavy atom. The van der Waals surface area contributed by atoms with Crippen molar-refractivity contribution in [2.45, 2.75) is 43.7 Å². The van der Waals surface area contributed by atoms with Crippen LogP contribution in [-0.2, 0) is 23.3 Å². The number of thiazole rings is 1. The van der Waals surface area contributed by atoms with Crippen LogP contribution in [-0.4, -0.2) is 37.7 Å². The number of hydrogen-bond acceptors (Lipinski definition) is 7. The molecule has 0 aliphatic carbocycles. The quantitative estimate of drug-likeness (QED) is 0.421. The number of aromatic nitrogens is 1. The van der Waals surface area contributed by atoms with Crippen molar-refractivity contribution in [3.63, 3.8) is 0 Å². The Morgan fingerprint density at radius 1 is 1.16 bits per heavy atom. The highest BCUT2D eigenvalue weighted by Gasteiger charge is 2.51. The number of hydrogen-bond donors (Lipinski definition) is 1. The van der Waals surface area contributed by atoms with Gasteiger partial charge in [0.2, 0.25) is 0 Å². The first kappa shape index (κ1) is 24.4. The number of halogens is 3. The summed E-state index contributed by atoms with van der Waals surface area (Å²) in [7, 11) is 1.41. The minimum Gasteiger partial charge on any atom is -0.772 e. The number of fused-ring (bicyclic) bond motifs is 1. The summed E-state index contributed by atoms with van der Waals surface area (Å²) in [5, 5.41) is 10.2. The van der Waals surface area contributed by atoms with E-state index in [9.17, 15) is 27.0 Å². The van der Waals surface area contributed by atoms with Crippen LogP contribution in [0.3, 0.4) is 0 Å². The van der Waals surface area contributed by atoms with Crippen molar-refractivity contribution in [3.05, 3.63) is 47.5 Å². The van der Waals surface area contributed by atoms with Crippen LogP contribution < -0.4 is 9.47 Å². The Labute approximate surface area is 189 Å². The fourth-order valence-electron chi connectivity index (χ4n) is 3.13. The third-order valence-electron chi connectivity index (χ3n) is 5.08. The van der Waals surface area contributed by atoms with E-state index in [2.05, 4.69) is 4.98 Å². The second-order valence-electron chi connectivity index (χ2n) is 7.20. The van der Waals surface area contributed by atoms with Crippen molar-refractivity contribution in [1.29, 1.82) is 0 Å². The molecule has 0 bridgehead atoms. The molecule has 1 heterocycles. The molecule has 11 heteroatoms. The first-order valence-corrected chi connectivity index (χ1v) is 11.7. The van der Waals surface area contributed by atoms with E-state index in [0.717, 1.165) is 4.70 Å². The van der Waals surface area contributed by atoms with Crippen LogP contribution in [0.2, 0.25) is 0 Å². The summed E-state index contributed by atoms with van der Waals surface area (Å²) in [6, 6.07) is 9.86. The standard InChI is InChI=1S/C21H22F3NO5S2/c1-3-20(26,21(22,23)24)9-8-13-5-7-16(17(10-13)29-2)30-19-25-15-6-4-14(12-32(27)28)11-18(15)31-19/h4-7,10-11,26H,3,8-9,12H2,1-2H3,(H,27,28)/p-1. The van der Waals surface area contributed by atoms with Crippen LogP contribution in [0.25, 0.3) is 10.2 Å². The predicted octanol–water partition coefficient (Wildman–Crippen LogP) is 5.11. The minimum atomic E-state index is -4.70. The molecule has 174 valence electrons. The van der Waals surface area contributed by atoms with Crippen molar-refractivity contribution < 1.29 is 36.5 Å². The lowest BCUT2D eigenvalue weighted by Crippen LogP contribution is -2.44. The maximum Gasteiger partial charge on any atom is 0.417 e. The molecule has 0 aliphatic rings. The summed E-state index contributed by atoms with van der Waals surface area (Å²) in [6.45, 7) is 1.30. The maximum absolute atomic E-state index is 13.1. The van der Waals surface area contributed by atoms with Crippen molar-refractivity contribution >= 4 is 32.6 Å². The summed E-state index contributed by atoms with van der Waals surface area (Å²) < 4.78 is 73.0. The van der Waals surface area contributed by atoms with Gasteiger partial charge < -0.3 is 19.1 Å². The number of ether oxygens (including phenoxy) is 2. The van der Waals surface area contributed by atoms with E-state index >= 15 is 0 Å². The molecule has 0 radical (unpaired) electrons. The van der Waals surface area contributed by atoms with Crippen LogP contribution in [0.5, 0.6) is 16.7 Å². The number of methoxy groups -OCH3 is 1. The Bertz CT molecular complexity index is 1120. The van der Waals surface area contributed by atoms with Gasteiger partial charge in [-0.1, -0.05) is 41.5 Å². The number of aryl methyl sites for hydroxylation is 1. The normalized spacial score (nSPS) is 14.8. The molecular formula is C21H21F3NO5S2-. The number of nitrogens with zero attached hydrogens (tertiary/aromatic N) is 1. The lowest BCUT2D eigenvalue weighted by Gasteiger charge is -2.29. The molecule has 2 aromatic carbocycles. The molecule has 1 aromatic heterocycles. The fraction of sp³-hybridized carbons (Fsp3) is 0.381. The molecule has 0 fully saturated rings. The van der Waals surface area contributed by atoms with E-state index in [0.29, 0.717) is 33.3 Å². The van der Waals surface area contributed by atoms with Gasteiger partial charge in [-0.2, -0.15) is 13.2 Å². The number of aliphatic hydroxyl groups is 1. The summed E-state index contributed by atoms with van der Waals surface area (Å²) in [6.07, 6.45) is -5.60. The molecule has 3 rings (SSSR count). The molecule has 0 spiro atoms. The van der Waals surface area contributed by atoms with E-state index in [1.807, 2.05) is 0 Å².